The van der Waals surface area contributed by atoms with E-state index in [-0.39, 0.29) is 5.91 Å². The second-order valence-corrected chi connectivity index (χ2v) is 6.28. The van der Waals surface area contributed by atoms with E-state index in [4.69, 9.17) is 23.2 Å². The molecule has 3 nitrogen and oxygen atoms in total. The second-order valence-electron chi connectivity index (χ2n) is 4.47. The monoisotopic (exact) mass is 348 g/mol. The molecule has 22 heavy (non-hydrogen) atoms. The van der Waals surface area contributed by atoms with Gasteiger partial charge in [-0.25, -0.2) is 4.99 Å². The molecular formula is C16H10Cl2N2OS. The van der Waals surface area contributed by atoms with Crippen molar-refractivity contribution in [1.29, 1.82) is 0 Å². The fraction of sp³-hybridized carbons (Fsp3) is 0. The molecule has 2 aromatic carbocycles. The molecule has 1 aliphatic rings. The van der Waals surface area contributed by atoms with Crippen LogP contribution in [0.2, 0.25) is 10.0 Å². The van der Waals surface area contributed by atoms with Crippen LogP contribution in [0.15, 0.2) is 58.4 Å². The van der Waals surface area contributed by atoms with Gasteiger partial charge in [0, 0.05) is 0 Å². The number of benzene rings is 2. The first-order chi connectivity index (χ1) is 10.6. The highest BCUT2D eigenvalue weighted by Gasteiger charge is 2.24. The molecular weight excluding hydrogens is 339 g/mol. The van der Waals surface area contributed by atoms with Crippen LogP contribution >= 0.6 is 35.0 Å². The number of amidine groups is 1. The molecule has 6 heteroatoms. The lowest BCUT2D eigenvalue weighted by molar-refractivity contribution is -0.115. The zero-order valence-corrected chi connectivity index (χ0v) is 13.5. The van der Waals surface area contributed by atoms with E-state index in [9.17, 15) is 4.79 Å². The number of aliphatic imine (C=N–C) groups is 1. The highest BCUT2D eigenvalue weighted by molar-refractivity contribution is 8.18. The van der Waals surface area contributed by atoms with Crippen LogP contribution in [0.5, 0.6) is 0 Å². The van der Waals surface area contributed by atoms with Gasteiger partial charge in [0.2, 0.25) is 0 Å². The van der Waals surface area contributed by atoms with Crippen molar-refractivity contribution in [1.82, 2.24) is 5.32 Å². The van der Waals surface area contributed by atoms with E-state index in [0.29, 0.717) is 25.8 Å². The molecule has 1 saturated heterocycles. The summed E-state index contributed by atoms with van der Waals surface area (Å²) in [5.74, 6) is -0.175. The average molecular weight is 349 g/mol. The smallest absolute Gasteiger partial charge is 0.264 e. The normalized spacial score (nSPS) is 18.0. The molecule has 0 saturated carbocycles. The fourth-order valence-corrected chi connectivity index (χ4v) is 3.04. The number of hydrogen-bond acceptors (Lipinski definition) is 3. The van der Waals surface area contributed by atoms with Crippen molar-refractivity contribution in [2.24, 2.45) is 4.99 Å². The first-order valence-electron chi connectivity index (χ1n) is 6.42. The quantitative estimate of drug-likeness (QED) is 0.785. The zero-order valence-electron chi connectivity index (χ0n) is 11.2. The van der Waals surface area contributed by atoms with E-state index in [1.54, 1.807) is 18.2 Å². The molecule has 110 valence electrons. The van der Waals surface area contributed by atoms with E-state index in [1.165, 1.54) is 11.8 Å². The van der Waals surface area contributed by atoms with Gasteiger partial charge in [-0.1, -0.05) is 59.6 Å². The van der Waals surface area contributed by atoms with Crippen molar-refractivity contribution >= 4 is 57.8 Å². The maximum atomic E-state index is 12.0. The summed E-state index contributed by atoms with van der Waals surface area (Å²) in [5, 5.41) is 4.00. The van der Waals surface area contributed by atoms with Crippen molar-refractivity contribution in [3.05, 3.63) is 69.0 Å². The van der Waals surface area contributed by atoms with Crippen LogP contribution in [-0.2, 0) is 4.79 Å². The third-order valence-electron chi connectivity index (χ3n) is 2.90. The minimum Gasteiger partial charge on any atom is -0.300 e. The predicted molar refractivity (Wildman–Crippen MR) is 93.7 cm³/mol. The number of carbonyl (C=O) groups is 1. The van der Waals surface area contributed by atoms with Crippen LogP contribution in [0.3, 0.4) is 0 Å². The summed E-state index contributed by atoms with van der Waals surface area (Å²) in [6.07, 6.45) is 1.82. The van der Waals surface area contributed by atoms with Gasteiger partial charge in [0.1, 0.15) is 0 Å². The van der Waals surface area contributed by atoms with Gasteiger partial charge >= 0.3 is 0 Å². The highest BCUT2D eigenvalue weighted by atomic mass is 35.5. The van der Waals surface area contributed by atoms with Gasteiger partial charge < -0.3 is 5.32 Å². The number of thioether (sulfide) groups is 1. The van der Waals surface area contributed by atoms with Crippen molar-refractivity contribution in [3.8, 4) is 0 Å². The number of rotatable bonds is 2. The molecule has 1 fully saturated rings. The second kappa shape index (κ2) is 6.57. The molecule has 0 unspecified atom stereocenters. The number of nitrogens with zero attached hydrogens (tertiary/aromatic N) is 1. The summed E-state index contributed by atoms with van der Waals surface area (Å²) in [6.45, 7) is 0. The Kier molecular flexibility index (Phi) is 4.52. The largest absolute Gasteiger partial charge is 0.300 e. The molecule has 1 aliphatic heterocycles. The number of nitrogens with one attached hydrogen (secondary N) is 1. The molecule has 0 spiro atoms. The van der Waals surface area contributed by atoms with Crippen molar-refractivity contribution in [2.75, 3.05) is 0 Å². The van der Waals surface area contributed by atoms with Crippen LogP contribution in [0.4, 0.5) is 5.69 Å². The van der Waals surface area contributed by atoms with Crippen molar-refractivity contribution < 1.29 is 4.79 Å². The Labute approximate surface area is 142 Å². The van der Waals surface area contributed by atoms with Gasteiger partial charge in [-0.05, 0) is 35.5 Å². The lowest BCUT2D eigenvalue weighted by atomic mass is 10.2. The average Bonchev–Trinajstić information content (AvgIpc) is 2.85. The van der Waals surface area contributed by atoms with Crippen LogP contribution in [0, 0.1) is 0 Å². The standard InChI is InChI=1S/C16H10Cl2N2OS/c17-11-7-4-8-12(14(11)18)19-16-20-15(21)13(22-16)9-10-5-2-1-3-6-10/h1-9H,(H,19,20,21). The van der Waals surface area contributed by atoms with Gasteiger partial charge in [0.25, 0.3) is 5.91 Å². The Morgan fingerprint density at radius 1 is 1.05 bits per heavy atom. The number of hydrogen-bond donors (Lipinski definition) is 1. The SMILES string of the molecule is O=C1NC(=Nc2cccc(Cl)c2Cl)SC1=Cc1ccccc1. The maximum absolute atomic E-state index is 12.0. The van der Waals surface area contributed by atoms with Crippen molar-refractivity contribution in [2.45, 2.75) is 0 Å². The van der Waals surface area contributed by atoms with Gasteiger partial charge in [-0.2, -0.15) is 0 Å². The molecule has 3 rings (SSSR count). The Morgan fingerprint density at radius 2 is 1.82 bits per heavy atom. The maximum Gasteiger partial charge on any atom is 0.264 e. The van der Waals surface area contributed by atoms with Gasteiger partial charge in [0.15, 0.2) is 5.17 Å². The van der Waals surface area contributed by atoms with Gasteiger partial charge in [-0.15, -0.1) is 0 Å². The van der Waals surface area contributed by atoms with E-state index < -0.39 is 0 Å². The molecule has 0 bridgehead atoms. The first-order valence-corrected chi connectivity index (χ1v) is 7.99. The van der Waals surface area contributed by atoms with Crippen LogP contribution in [-0.4, -0.2) is 11.1 Å². The minimum absolute atomic E-state index is 0.175. The summed E-state index contributed by atoms with van der Waals surface area (Å²) >= 11 is 13.3. The molecule has 0 atom stereocenters. The molecule has 1 amide bonds. The summed E-state index contributed by atoms with van der Waals surface area (Å²) in [7, 11) is 0. The molecule has 0 aliphatic carbocycles. The van der Waals surface area contributed by atoms with E-state index in [0.717, 1.165) is 5.56 Å². The number of carbonyl (C=O) groups excluding carboxylic acids is 1. The number of amides is 1. The summed E-state index contributed by atoms with van der Waals surface area (Å²) in [6, 6.07) is 14.8. The lowest BCUT2D eigenvalue weighted by Crippen LogP contribution is -2.19. The molecule has 1 N–H and O–H groups in total. The summed E-state index contributed by atoms with van der Waals surface area (Å²) in [4.78, 5) is 16.9. The van der Waals surface area contributed by atoms with Gasteiger partial charge in [0.05, 0.1) is 20.6 Å². The third-order valence-corrected chi connectivity index (χ3v) is 4.62. The minimum atomic E-state index is -0.175. The predicted octanol–water partition coefficient (Wildman–Crippen LogP) is 4.89. The van der Waals surface area contributed by atoms with Crippen molar-refractivity contribution in [3.63, 3.8) is 0 Å². The third kappa shape index (κ3) is 3.35. The highest BCUT2D eigenvalue weighted by Crippen LogP contribution is 2.34. The Balaban J connectivity index is 1.87. The lowest BCUT2D eigenvalue weighted by Gasteiger charge is -2.00. The Morgan fingerprint density at radius 3 is 2.59 bits per heavy atom. The first kappa shape index (κ1) is 15.2. The van der Waals surface area contributed by atoms with E-state index in [2.05, 4.69) is 10.3 Å². The number of halogens is 2. The van der Waals surface area contributed by atoms with Crippen LogP contribution in [0.25, 0.3) is 6.08 Å². The van der Waals surface area contributed by atoms with E-state index in [1.807, 2.05) is 36.4 Å². The van der Waals surface area contributed by atoms with Gasteiger partial charge in [-0.3, -0.25) is 4.79 Å². The summed E-state index contributed by atoms with van der Waals surface area (Å²) < 4.78 is 0. The van der Waals surface area contributed by atoms with E-state index >= 15 is 0 Å². The van der Waals surface area contributed by atoms with Crippen LogP contribution < -0.4 is 5.32 Å². The topological polar surface area (TPSA) is 41.5 Å². The fourth-order valence-electron chi connectivity index (χ4n) is 1.87. The Bertz CT molecular complexity index is 788. The molecule has 0 aromatic heterocycles. The molecule has 0 radical (unpaired) electrons. The summed E-state index contributed by atoms with van der Waals surface area (Å²) in [5.41, 5.74) is 1.49. The Hall–Kier alpha value is -1.75. The molecule has 1 heterocycles. The molecule has 2 aromatic rings. The zero-order chi connectivity index (χ0) is 15.5. The van der Waals surface area contributed by atoms with Crippen LogP contribution in [0.1, 0.15) is 5.56 Å².